The van der Waals surface area contributed by atoms with Crippen LogP contribution in [0.1, 0.15) is 43.2 Å². The van der Waals surface area contributed by atoms with Crippen molar-refractivity contribution in [1.82, 2.24) is 14.7 Å². The average molecular weight is 404 g/mol. The quantitative estimate of drug-likeness (QED) is 0.343. The van der Waals surface area contributed by atoms with E-state index in [0.29, 0.717) is 29.9 Å². The van der Waals surface area contributed by atoms with E-state index < -0.39 is 0 Å². The van der Waals surface area contributed by atoms with Gasteiger partial charge in [0.15, 0.2) is 6.19 Å². The summed E-state index contributed by atoms with van der Waals surface area (Å²) < 4.78 is 7.72. The maximum atomic E-state index is 10.0. The van der Waals surface area contributed by atoms with Crippen LogP contribution in [0.2, 0.25) is 0 Å². The summed E-state index contributed by atoms with van der Waals surface area (Å²) in [5.74, 6) is 3.57. The first kappa shape index (κ1) is 19.2. The van der Waals surface area contributed by atoms with Crippen molar-refractivity contribution in [3.63, 3.8) is 0 Å². The minimum atomic E-state index is 0.160. The van der Waals surface area contributed by atoms with Gasteiger partial charge in [0.05, 0.1) is 24.4 Å². The van der Waals surface area contributed by atoms with Crippen molar-refractivity contribution >= 4 is 5.84 Å². The van der Waals surface area contributed by atoms with Crippen LogP contribution in [-0.2, 0) is 13.5 Å². The molecule has 0 spiro atoms. The predicted octanol–water partition coefficient (Wildman–Crippen LogP) is 3.97. The minimum absolute atomic E-state index is 0.160. The van der Waals surface area contributed by atoms with Crippen molar-refractivity contribution in [3.8, 4) is 12.1 Å². The third-order valence-electron chi connectivity index (χ3n) is 7.44. The van der Waals surface area contributed by atoms with Gasteiger partial charge in [0.1, 0.15) is 5.84 Å². The Balaban J connectivity index is 1.32. The Morgan fingerprint density at radius 3 is 2.47 bits per heavy atom. The van der Waals surface area contributed by atoms with Crippen LogP contribution >= 0.6 is 0 Å². The summed E-state index contributed by atoms with van der Waals surface area (Å²) in [6.07, 6.45) is 11.1. The Kier molecular flexibility index (Phi) is 4.98. The third kappa shape index (κ3) is 3.36. The molecule has 4 saturated carbocycles. The molecule has 0 saturated heterocycles. The number of hydrogen-bond acceptors (Lipinski definition) is 4. The van der Waals surface area contributed by atoms with Gasteiger partial charge < -0.3 is 4.74 Å². The van der Waals surface area contributed by atoms with Crippen molar-refractivity contribution in [2.75, 3.05) is 6.61 Å². The fraction of sp³-hybridized carbons (Fsp3) is 0.542. The molecule has 1 heterocycles. The van der Waals surface area contributed by atoms with E-state index in [1.54, 1.807) is 15.8 Å². The van der Waals surface area contributed by atoms with Gasteiger partial charge in [-0.05, 0) is 61.3 Å². The van der Waals surface area contributed by atoms with Gasteiger partial charge in [-0.25, -0.2) is 4.68 Å². The van der Waals surface area contributed by atoms with E-state index in [-0.39, 0.29) is 11.9 Å². The minimum Gasteiger partial charge on any atom is -0.477 e. The summed E-state index contributed by atoms with van der Waals surface area (Å²) in [5, 5.41) is 23.3. The highest BCUT2D eigenvalue weighted by atomic mass is 16.5. The molecule has 0 aliphatic heterocycles. The molecule has 1 aromatic carbocycles. The smallest absolute Gasteiger partial charge is 0.222 e. The Morgan fingerprint density at radius 2 is 1.83 bits per heavy atom. The van der Waals surface area contributed by atoms with Crippen molar-refractivity contribution in [1.29, 1.82) is 10.7 Å². The Bertz CT molecular complexity index is 932. The van der Waals surface area contributed by atoms with Crippen LogP contribution in [0.15, 0.2) is 36.5 Å². The lowest BCUT2D eigenvalue weighted by Gasteiger charge is -2.55. The van der Waals surface area contributed by atoms with E-state index in [1.807, 2.05) is 25.2 Å². The van der Waals surface area contributed by atoms with E-state index in [2.05, 4.69) is 23.4 Å². The molecule has 0 amide bonds. The maximum absolute atomic E-state index is 10.0. The molecule has 0 radical (unpaired) electrons. The molecule has 4 bridgehead atoms. The number of nitrogens with zero attached hydrogens (tertiary/aromatic N) is 4. The zero-order valence-electron chi connectivity index (χ0n) is 17.5. The summed E-state index contributed by atoms with van der Waals surface area (Å²) in [6.45, 7) is 0.508. The number of rotatable bonds is 6. The third-order valence-corrected chi connectivity index (χ3v) is 7.44. The number of amidine groups is 1. The second kappa shape index (κ2) is 7.79. The van der Waals surface area contributed by atoms with Gasteiger partial charge >= 0.3 is 0 Å². The van der Waals surface area contributed by atoms with Crippen molar-refractivity contribution in [2.24, 2.45) is 30.7 Å². The van der Waals surface area contributed by atoms with E-state index in [4.69, 9.17) is 10.1 Å². The molecular weight excluding hydrogens is 374 g/mol. The SMILES string of the molecule is Cn1ncc(C(=N)N(C#N)C2C3CC4CC(C3)CC2C4)c1OCCc1ccccc1. The molecule has 6 nitrogen and oxygen atoms in total. The number of aromatic nitrogens is 2. The van der Waals surface area contributed by atoms with Gasteiger partial charge in [-0.2, -0.15) is 10.4 Å². The molecule has 1 aromatic heterocycles. The van der Waals surface area contributed by atoms with Crippen LogP contribution in [0.5, 0.6) is 5.88 Å². The lowest BCUT2D eigenvalue weighted by atomic mass is 9.54. The van der Waals surface area contributed by atoms with Crippen LogP contribution < -0.4 is 4.74 Å². The molecule has 1 N–H and O–H groups in total. The predicted molar refractivity (Wildman–Crippen MR) is 114 cm³/mol. The summed E-state index contributed by atoms with van der Waals surface area (Å²) >= 11 is 0. The molecule has 6 rings (SSSR count). The average Bonchev–Trinajstić information content (AvgIpc) is 3.11. The molecule has 4 aliphatic carbocycles. The van der Waals surface area contributed by atoms with Gasteiger partial charge in [0.2, 0.25) is 5.88 Å². The Hall–Kier alpha value is -2.81. The first-order valence-electron chi connectivity index (χ1n) is 11.1. The van der Waals surface area contributed by atoms with Gasteiger partial charge in [0, 0.05) is 13.5 Å². The second-order valence-corrected chi connectivity index (χ2v) is 9.31. The molecule has 4 fully saturated rings. The van der Waals surface area contributed by atoms with Crippen molar-refractivity contribution in [2.45, 2.75) is 44.6 Å². The fourth-order valence-electron chi connectivity index (χ4n) is 6.38. The standard InChI is InChI=1S/C24H29N5O/c1-28-24(30-8-7-16-5-3-2-4-6-16)21(14-27-28)23(26)29(15-25)22-19-10-17-9-18(12-19)13-20(22)11-17/h2-6,14,17-20,22,26H,7-13H2,1H3. The highest BCUT2D eigenvalue weighted by molar-refractivity contribution is 5.99. The topological polar surface area (TPSA) is 77.9 Å². The molecule has 4 aliphatic rings. The van der Waals surface area contributed by atoms with Crippen LogP contribution in [-0.4, -0.2) is 33.2 Å². The first-order chi connectivity index (χ1) is 14.6. The van der Waals surface area contributed by atoms with Gasteiger partial charge in [-0.3, -0.25) is 10.3 Å². The van der Waals surface area contributed by atoms with Crippen molar-refractivity contribution < 1.29 is 4.74 Å². The van der Waals surface area contributed by atoms with Crippen LogP contribution in [0, 0.1) is 40.5 Å². The Morgan fingerprint density at radius 1 is 1.17 bits per heavy atom. The molecule has 0 unspecified atom stereocenters. The lowest BCUT2D eigenvalue weighted by molar-refractivity contribution is -0.0324. The lowest BCUT2D eigenvalue weighted by Crippen LogP contribution is -2.56. The van der Waals surface area contributed by atoms with Crippen LogP contribution in [0.4, 0.5) is 0 Å². The summed E-state index contributed by atoms with van der Waals surface area (Å²) in [4.78, 5) is 1.67. The first-order valence-corrected chi connectivity index (χ1v) is 11.1. The summed E-state index contributed by atoms with van der Waals surface area (Å²) in [5.41, 5.74) is 1.82. The second-order valence-electron chi connectivity index (χ2n) is 9.31. The highest BCUT2D eigenvalue weighted by Crippen LogP contribution is 2.55. The maximum Gasteiger partial charge on any atom is 0.222 e. The zero-order valence-corrected chi connectivity index (χ0v) is 17.5. The van der Waals surface area contributed by atoms with E-state index in [9.17, 15) is 5.26 Å². The molecule has 2 aromatic rings. The molecular formula is C24H29N5O. The number of benzene rings is 1. The molecule has 156 valence electrons. The molecule has 0 atom stereocenters. The molecule has 30 heavy (non-hydrogen) atoms. The van der Waals surface area contributed by atoms with E-state index in [1.165, 1.54) is 37.7 Å². The van der Waals surface area contributed by atoms with Gasteiger partial charge in [-0.15, -0.1) is 0 Å². The van der Waals surface area contributed by atoms with E-state index in [0.717, 1.165) is 18.3 Å². The normalized spacial score (nSPS) is 28.9. The van der Waals surface area contributed by atoms with Gasteiger partial charge in [-0.1, -0.05) is 30.3 Å². The molecule has 6 heteroatoms. The Labute approximate surface area is 178 Å². The van der Waals surface area contributed by atoms with Crippen molar-refractivity contribution in [3.05, 3.63) is 47.7 Å². The van der Waals surface area contributed by atoms with Crippen LogP contribution in [0.25, 0.3) is 0 Å². The zero-order chi connectivity index (χ0) is 20.7. The monoisotopic (exact) mass is 403 g/mol. The van der Waals surface area contributed by atoms with E-state index >= 15 is 0 Å². The summed E-state index contributed by atoms with van der Waals surface area (Å²) in [6, 6.07) is 10.4. The number of aryl methyl sites for hydroxylation is 1. The highest BCUT2D eigenvalue weighted by Gasteiger charge is 2.51. The number of nitriles is 1. The number of hydrogen-bond donors (Lipinski definition) is 1. The summed E-state index contributed by atoms with van der Waals surface area (Å²) in [7, 11) is 1.83. The van der Waals surface area contributed by atoms with Crippen LogP contribution in [0.3, 0.4) is 0 Å². The fourth-order valence-corrected chi connectivity index (χ4v) is 6.38. The number of nitrogens with one attached hydrogen (secondary N) is 1. The number of ether oxygens (including phenoxy) is 1. The van der Waals surface area contributed by atoms with Gasteiger partial charge in [0.25, 0.3) is 0 Å². The largest absolute Gasteiger partial charge is 0.477 e.